The SMILES string of the molecule is COc1cccc2c1CC(NCCCN1C(=O)c3ccccc3C1=O)CO2. The molecule has 2 aliphatic heterocycles. The summed E-state index contributed by atoms with van der Waals surface area (Å²) in [7, 11) is 1.66. The summed E-state index contributed by atoms with van der Waals surface area (Å²) in [5, 5.41) is 3.46. The normalized spacial score (nSPS) is 18.1. The lowest BCUT2D eigenvalue weighted by atomic mass is 10.0. The average molecular weight is 366 g/mol. The maximum absolute atomic E-state index is 12.4. The third-order valence-electron chi connectivity index (χ3n) is 5.07. The fourth-order valence-electron chi connectivity index (χ4n) is 3.69. The first kappa shape index (κ1) is 17.5. The standard InChI is InChI=1S/C21H22N2O4/c1-26-18-8-4-9-19-17(18)12-14(13-27-19)22-10-5-11-23-20(24)15-6-2-3-7-16(15)21(23)25/h2-4,6-9,14,22H,5,10-13H2,1H3. The highest BCUT2D eigenvalue weighted by atomic mass is 16.5. The van der Waals surface area contributed by atoms with E-state index in [2.05, 4.69) is 5.32 Å². The highest BCUT2D eigenvalue weighted by Gasteiger charge is 2.34. The van der Waals surface area contributed by atoms with Crippen molar-refractivity contribution in [2.45, 2.75) is 18.9 Å². The van der Waals surface area contributed by atoms with Crippen molar-refractivity contribution in [1.82, 2.24) is 10.2 Å². The molecule has 0 spiro atoms. The number of methoxy groups -OCH3 is 1. The highest BCUT2D eigenvalue weighted by molar-refractivity contribution is 6.21. The Hall–Kier alpha value is -2.86. The van der Waals surface area contributed by atoms with Crippen LogP contribution in [-0.2, 0) is 6.42 Å². The van der Waals surface area contributed by atoms with Gasteiger partial charge in [-0.2, -0.15) is 0 Å². The van der Waals surface area contributed by atoms with Crippen LogP contribution < -0.4 is 14.8 Å². The number of hydrogen-bond donors (Lipinski definition) is 1. The molecule has 2 aromatic carbocycles. The van der Waals surface area contributed by atoms with E-state index in [0.29, 0.717) is 37.2 Å². The molecule has 0 radical (unpaired) electrons. The van der Waals surface area contributed by atoms with Gasteiger partial charge >= 0.3 is 0 Å². The molecule has 2 aromatic rings. The average Bonchev–Trinajstić information content (AvgIpc) is 2.95. The van der Waals surface area contributed by atoms with Gasteiger partial charge in [-0.05, 0) is 43.7 Å². The minimum absolute atomic E-state index is 0.177. The van der Waals surface area contributed by atoms with E-state index in [4.69, 9.17) is 9.47 Å². The first-order valence-corrected chi connectivity index (χ1v) is 9.16. The van der Waals surface area contributed by atoms with Gasteiger partial charge in [-0.3, -0.25) is 14.5 Å². The Bertz CT molecular complexity index is 831. The smallest absolute Gasteiger partial charge is 0.261 e. The maximum Gasteiger partial charge on any atom is 0.261 e. The Morgan fingerprint density at radius 1 is 1.11 bits per heavy atom. The van der Waals surface area contributed by atoms with Gasteiger partial charge in [0.2, 0.25) is 0 Å². The van der Waals surface area contributed by atoms with Gasteiger partial charge in [0.1, 0.15) is 18.1 Å². The van der Waals surface area contributed by atoms with E-state index in [1.54, 1.807) is 31.4 Å². The molecule has 2 heterocycles. The summed E-state index contributed by atoms with van der Waals surface area (Å²) in [6, 6.07) is 13.0. The Balaban J connectivity index is 1.29. The molecule has 6 nitrogen and oxygen atoms in total. The predicted molar refractivity (Wildman–Crippen MR) is 100 cm³/mol. The molecule has 4 rings (SSSR count). The fourth-order valence-corrected chi connectivity index (χ4v) is 3.69. The van der Waals surface area contributed by atoms with Crippen molar-refractivity contribution in [2.75, 3.05) is 26.8 Å². The van der Waals surface area contributed by atoms with E-state index in [1.165, 1.54) is 4.90 Å². The lowest BCUT2D eigenvalue weighted by Gasteiger charge is -2.27. The molecular weight excluding hydrogens is 344 g/mol. The van der Waals surface area contributed by atoms with Gasteiger partial charge in [0.05, 0.1) is 18.2 Å². The zero-order valence-electron chi connectivity index (χ0n) is 15.2. The number of imide groups is 1. The molecule has 0 aromatic heterocycles. The third-order valence-corrected chi connectivity index (χ3v) is 5.07. The van der Waals surface area contributed by atoms with E-state index in [-0.39, 0.29) is 17.9 Å². The zero-order valence-corrected chi connectivity index (χ0v) is 15.2. The second-order valence-electron chi connectivity index (χ2n) is 6.76. The number of ether oxygens (including phenoxy) is 2. The summed E-state index contributed by atoms with van der Waals surface area (Å²) >= 11 is 0. The molecule has 1 unspecified atom stereocenters. The van der Waals surface area contributed by atoms with Crippen LogP contribution in [0.3, 0.4) is 0 Å². The van der Waals surface area contributed by atoms with E-state index in [1.807, 2.05) is 18.2 Å². The molecule has 2 aliphatic rings. The Labute approximate surface area is 158 Å². The van der Waals surface area contributed by atoms with Crippen LogP contribution in [0.25, 0.3) is 0 Å². The summed E-state index contributed by atoms with van der Waals surface area (Å²) < 4.78 is 11.2. The molecule has 6 heteroatoms. The second kappa shape index (κ2) is 7.40. The number of carbonyl (C=O) groups is 2. The van der Waals surface area contributed by atoms with Crippen LogP contribution in [0, 0.1) is 0 Å². The van der Waals surface area contributed by atoms with Crippen molar-refractivity contribution in [2.24, 2.45) is 0 Å². The first-order chi connectivity index (χ1) is 13.2. The first-order valence-electron chi connectivity index (χ1n) is 9.16. The number of carbonyl (C=O) groups excluding carboxylic acids is 2. The monoisotopic (exact) mass is 366 g/mol. The molecule has 140 valence electrons. The molecule has 1 atom stereocenters. The number of rotatable bonds is 6. The summed E-state index contributed by atoms with van der Waals surface area (Å²) in [5.74, 6) is 1.31. The second-order valence-corrected chi connectivity index (χ2v) is 6.76. The molecule has 0 saturated heterocycles. The van der Waals surface area contributed by atoms with Gasteiger partial charge in [-0.25, -0.2) is 0 Å². The maximum atomic E-state index is 12.4. The Kier molecular flexibility index (Phi) is 4.81. The van der Waals surface area contributed by atoms with E-state index >= 15 is 0 Å². The van der Waals surface area contributed by atoms with E-state index in [9.17, 15) is 9.59 Å². The highest BCUT2D eigenvalue weighted by Crippen LogP contribution is 2.32. The minimum Gasteiger partial charge on any atom is -0.496 e. The van der Waals surface area contributed by atoms with Crippen LogP contribution in [0.4, 0.5) is 0 Å². The fraction of sp³-hybridized carbons (Fsp3) is 0.333. The van der Waals surface area contributed by atoms with Crippen molar-refractivity contribution in [3.05, 3.63) is 59.2 Å². The zero-order chi connectivity index (χ0) is 18.8. The number of nitrogens with zero attached hydrogens (tertiary/aromatic N) is 1. The summed E-state index contributed by atoms with van der Waals surface area (Å²) in [4.78, 5) is 26.1. The van der Waals surface area contributed by atoms with Crippen LogP contribution in [0.5, 0.6) is 11.5 Å². The number of nitrogens with one attached hydrogen (secondary N) is 1. The molecule has 27 heavy (non-hydrogen) atoms. The largest absolute Gasteiger partial charge is 0.496 e. The van der Waals surface area contributed by atoms with Crippen LogP contribution in [0.15, 0.2) is 42.5 Å². The molecule has 0 aliphatic carbocycles. The Morgan fingerprint density at radius 2 is 1.85 bits per heavy atom. The molecule has 2 amide bonds. The van der Waals surface area contributed by atoms with Gasteiger partial charge in [0.25, 0.3) is 11.8 Å². The van der Waals surface area contributed by atoms with Gasteiger partial charge in [-0.15, -0.1) is 0 Å². The Morgan fingerprint density at radius 3 is 2.56 bits per heavy atom. The van der Waals surface area contributed by atoms with Gasteiger partial charge in [-0.1, -0.05) is 18.2 Å². The topological polar surface area (TPSA) is 67.9 Å². The minimum atomic E-state index is -0.199. The lowest BCUT2D eigenvalue weighted by molar-refractivity contribution is 0.0652. The van der Waals surface area contributed by atoms with Crippen LogP contribution in [0.2, 0.25) is 0 Å². The van der Waals surface area contributed by atoms with Crippen molar-refractivity contribution < 1.29 is 19.1 Å². The molecule has 0 bridgehead atoms. The number of hydrogen-bond acceptors (Lipinski definition) is 5. The molecule has 0 saturated carbocycles. The molecule has 1 N–H and O–H groups in total. The van der Waals surface area contributed by atoms with E-state index in [0.717, 1.165) is 23.5 Å². The van der Waals surface area contributed by atoms with Crippen molar-refractivity contribution in [3.8, 4) is 11.5 Å². The summed E-state index contributed by atoms with van der Waals surface area (Å²) in [6.07, 6.45) is 1.52. The van der Waals surface area contributed by atoms with Gasteiger partial charge in [0, 0.05) is 18.2 Å². The van der Waals surface area contributed by atoms with Crippen molar-refractivity contribution >= 4 is 11.8 Å². The van der Waals surface area contributed by atoms with Crippen molar-refractivity contribution in [3.63, 3.8) is 0 Å². The lowest BCUT2D eigenvalue weighted by Crippen LogP contribution is -2.41. The molecule has 0 fully saturated rings. The number of amides is 2. The quantitative estimate of drug-likeness (QED) is 0.628. The van der Waals surface area contributed by atoms with Crippen molar-refractivity contribution in [1.29, 1.82) is 0 Å². The third kappa shape index (κ3) is 3.28. The predicted octanol–water partition coefficient (Wildman–Crippen LogP) is 2.27. The number of fused-ring (bicyclic) bond motifs is 2. The van der Waals surface area contributed by atoms with Crippen LogP contribution >= 0.6 is 0 Å². The van der Waals surface area contributed by atoms with Gasteiger partial charge < -0.3 is 14.8 Å². The van der Waals surface area contributed by atoms with E-state index < -0.39 is 0 Å². The summed E-state index contributed by atoms with van der Waals surface area (Å²) in [5.41, 5.74) is 2.07. The summed E-state index contributed by atoms with van der Waals surface area (Å²) in [6.45, 7) is 1.70. The molecular formula is C21H22N2O4. The number of benzene rings is 2. The van der Waals surface area contributed by atoms with Crippen LogP contribution in [-0.4, -0.2) is 49.6 Å². The van der Waals surface area contributed by atoms with Crippen LogP contribution in [0.1, 0.15) is 32.7 Å². The van der Waals surface area contributed by atoms with Gasteiger partial charge in [0.15, 0.2) is 0 Å².